The van der Waals surface area contributed by atoms with Crippen LogP contribution in [0.4, 0.5) is 0 Å². The molecule has 0 saturated carbocycles. The molecule has 0 atom stereocenters. The zero-order chi connectivity index (χ0) is 12.0. The number of hydrogen-bond acceptors (Lipinski definition) is 3. The van der Waals surface area contributed by atoms with Crippen molar-refractivity contribution in [1.29, 1.82) is 0 Å². The minimum Gasteiger partial charge on any atom is -0.395 e. The lowest BCUT2D eigenvalue weighted by Crippen LogP contribution is -2.42. The molecule has 0 spiro atoms. The summed E-state index contributed by atoms with van der Waals surface area (Å²) in [6.45, 7) is 4.94. The van der Waals surface area contributed by atoms with E-state index in [9.17, 15) is 9.59 Å². The first-order chi connectivity index (χ1) is 7.69. The van der Waals surface area contributed by atoms with Crippen molar-refractivity contribution in [1.82, 2.24) is 9.80 Å². The summed E-state index contributed by atoms with van der Waals surface area (Å²) in [5, 5.41) is 8.82. The van der Waals surface area contributed by atoms with E-state index in [2.05, 4.69) is 6.58 Å². The first-order valence-electron chi connectivity index (χ1n) is 5.46. The van der Waals surface area contributed by atoms with Crippen LogP contribution in [0.25, 0.3) is 0 Å². The van der Waals surface area contributed by atoms with Gasteiger partial charge in [0.1, 0.15) is 0 Å². The van der Waals surface area contributed by atoms with E-state index in [4.69, 9.17) is 5.11 Å². The van der Waals surface area contributed by atoms with E-state index in [1.165, 1.54) is 4.90 Å². The Morgan fingerprint density at radius 2 is 2.38 bits per heavy atom. The summed E-state index contributed by atoms with van der Waals surface area (Å²) < 4.78 is 0. The molecule has 1 rings (SSSR count). The monoisotopic (exact) mass is 226 g/mol. The fraction of sp³-hybridized carbons (Fsp3) is 0.636. The second kappa shape index (κ2) is 6.27. The van der Waals surface area contributed by atoms with Crippen LogP contribution >= 0.6 is 0 Å². The highest BCUT2D eigenvalue weighted by Gasteiger charge is 2.24. The van der Waals surface area contributed by atoms with Crippen molar-refractivity contribution in [3.63, 3.8) is 0 Å². The van der Waals surface area contributed by atoms with Gasteiger partial charge in [-0.05, 0) is 6.42 Å². The third-order valence-electron chi connectivity index (χ3n) is 2.57. The molecule has 0 radical (unpaired) electrons. The largest absolute Gasteiger partial charge is 0.395 e. The van der Waals surface area contributed by atoms with Crippen molar-refractivity contribution in [2.75, 3.05) is 32.8 Å². The smallest absolute Gasteiger partial charge is 0.242 e. The number of nitrogens with zero attached hydrogens (tertiary/aromatic N) is 2. The molecule has 1 saturated heterocycles. The number of carbonyl (C=O) groups excluding carboxylic acids is 2. The van der Waals surface area contributed by atoms with E-state index in [-0.39, 0.29) is 31.5 Å². The summed E-state index contributed by atoms with van der Waals surface area (Å²) in [4.78, 5) is 26.2. The Morgan fingerprint density at radius 3 is 2.88 bits per heavy atom. The number of aliphatic hydroxyl groups is 1. The molecule has 0 aliphatic carbocycles. The van der Waals surface area contributed by atoms with Crippen LogP contribution in [0.2, 0.25) is 0 Å². The van der Waals surface area contributed by atoms with Crippen molar-refractivity contribution in [3.05, 3.63) is 12.7 Å². The molecule has 16 heavy (non-hydrogen) atoms. The molecule has 1 heterocycles. The normalized spacial score (nSPS) is 15.3. The summed E-state index contributed by atoms with van der Waals surface area (Å²) in [5.74, 6) is -0.0971. The van der Waals surface area contributed by atoms with Gasteiger partial charge in [0.15, 0.2) is 0 Å². The molecule has 5 heteroatoms. The fourth-order valence-electron chi connectivity index (χ4n) is 1.73. The highest BCUT2D eigenvalue weighted by atomic mass is 16.3. The van der Waals surface area contributed by atoms with E-state index < -0.39 is 0 Å². The molecule has 0 unspecified atom stereocenters. The van der Waals surface area contributed by atoms with Gasteiger partial charge in [0.25, 0.3) is 0 Å². The molecule has 0 aromatic carbocycles. The molecular formula is C11H18N2O3. The quantitative estimate of drug-likeness (QED) is 0.628. The molecule has 5 nitrogen and oxygen atoms in total. The van der Waals surface area contributed by atoms with Gasteiger partial charge in [-0.1, -0.05) is 6.08 Å². The van der Waals surface area contributed by atoms with E-state index in [1.807, 2.05) is 0 Å². The lowest BCUT2D eigenvalue weighted by Gasteiger charge is -2.23. The van der Waals surface area contributed by atoms with Gasteiger partial charge in [0, 0.05) is 26.1 Å². The lowest BCUT2D eigenvalue weighted by molar-refractivity contribution is -0.138. The third-order valence-corrected chi connectivity index (χ3v) is 2.57. The number of aliphatic hydroxyl groups excluding tert-OH is 1. The van der Waals surface area contributed by atoms with Crippen LogP contribution in [-0.2, 0) is 9.59 Å². The first-order valence-corrected chi connectivity index (χ1v) is 5.46. The second-order valence-electron chi connectivity index (χ2n) is 3.77. The van der Waals surface area contributed by atoms with E-state index in [0.29, 0.717) is 19.5 Å². The van der Waals surface area contributed by atoms with Crippen molar-refractivity contribution in [3.8, 4) is 0 Å². The maximum atomic E-state index is 11.8. The van der Waals surface area contributed by atoms with Gasteiger partial charge in [0.2, 0.25) is 11.8 Å². The Morgan fingerprint density at radius 1 is 1.62 bits per heavy atom. The topological polar surface area (TPSA) is 60.9 Å². The van der Waals surface area contributed by atoms with Crippen LogP contribution in [0.1, 0.15) is 12.8 Å². The average Bonchev–Trinajstić information content (AvgIpc) is 2.64. The van der Waals surface area contributed by atoms with Crippen LogP contribution in [0, 0.1) is 0 Å². The molecule has 1 aliphatic heterocycles. The Bertz CT molecular complexity index is 278. The second-order valence-corrected chi connectivity index (χ2v) is 3.77. The zero-order valence-electron chi connectivity index (χ0n) is 9.39. The standard InChI is InChI=1S/C11H18N2O3/c1-2-5-12(7-8-14)11(16)9-13-6-3-4-10(13)15/h2,14H,1,3-9H2. The molecule has 0 aromatic heterocycles. The van der Waals surface area contributed by atoms with E-state index >= 15 is 0 Å². The summed E-state index contributed by atoms with van der Waals surface area (Å²) in [6.07, 6.45) is 2.97. The Balaban J connectivity index is 2.47. The summed E-state index contributed by atoms with van der Waals surface area (Å²) in [7, 11) is 0. The first kappa shape index (κ1) is 12.7. The van der Waals surface area contributed by atoms with Crippen LogP contribution in [-0.4, -0.2) is 59.5 Å². The molecular weight excluding hydrogens is 208 g/mol. The van der Waals surface area contributed by atoms with E-state index in [1.54, 1.807) is 11.0 Å². The highest BCUT2D eigenvalue weighted by Crippen LogP contribution is 2.09. The molecule has 0 bridgehead atoms. The fourth-order valence-corrected chi connectivity index (χ4v) is 1.73. The summed E-state index contributed by atoms with van der Waals surface area (Å²) in [5.41, 5.74) is 0. The van der Waals surface area contributed by atoms with Crippen LogP contribution in [0.15, 0.2) is 12.7 Å². The average molecular weight is 226 g/mol. The molecule has 2 amide bonds. The van der Waals surface area contributed by atoms with Crippen LogP contribution < -0.4 is 0 Å². The van der Waals surface area contributed by atoms with Gasteiger partial charge in [-0.25, -0.2) is 0 Å². The van der Waals surface area contributed by atoms with Crippen LogP contribution in [0.5, 0.6) is 0 Å². The Labute approximate surface area is 95.3 Å². The van der Waals surface area contributed by atoms with E-state index in [0.717, 1.165) is 6.42 Å². The maximum absolute atomic E-state index is 11.8. The molecule has 90 valence electrons. The van der Waals surface area contributed by atoms with Gasteiger partial charge < -0.3 is 14.9 Å². The minimum atomic E-state index is -0.135. The molecule has 1 aliphatic rings. The predicted octanol–water partition coefficient (Wildman–Crippen LogP) is -0.384. The Kier molecular flexibility index (Phi) is 4.98. The molecule has 1 N–H and O–H groups in total. The lowest BCUT2D eigenvalue weighted by atomic mass is 10.4. The van der Waals surface area contributed by atoms with Crippen molar-refractivity contribution < 1.29 is 14.7 Å². The molecule has 1 fully saturated rings. The minimum absolute atomic E-state index is 0.0379. The summed E-state index contributed by atoms with van der Waals surface area (Å²) in [6, 6.07) is 0. The van der Waals surface area contributed by atoms with Gasteiger partial charge in [-0.15, -0.1) is 6.58 Å². The van der Waals surface area contributed by atoms with Gasteiger partial charge >= 0.3 is 0 Å². The molecule has 0 aromatic rings. The number of amides is 2. The van der Waals surface area contributed by atoms with Crippen molar-refractivity contribution in [2.45, 2.75) is 12.8 Å². The van der Waals surface area contributed by atoms with Gasteiger partial charge in [-0.2, -0.15) is 0 Å². The van der Waals surface area contributed by atoms with Crippen molar-refractivity contribution in [2.24, 2.45) is 0 Å². The number of likely N-dealkylation sites (tertiary alicyclic amines) is 1. The SMILES string of the molecule is C=CCN(CCO)C(=O)CN1CCCC1=O. The number of carbonyl (C=O) groups is 2. The van der Waals surface area contributed by atoms with Gasteiger partial charge in [0.05, 0.1) is 13.2 Å². The third kappa shape index (κ3) is 3.34. The van der Waals surface area contributed by atoms with Crippen molar-refractivity contribution >= 4 is 11.8 Å². The number of rotatable bonds is 6. The summed E-state index contributed by atoms with van der Waals surface area (Å²) >= 11 is 0. The predicted molar refractivity (Wildman–Crippen MR) is 59.7 cm³/mol. The maximum Gasteiger partial charge on any atom is 0.242 e. The van der Waals surface area contributed by atoms with Gasteiger partial charge in [-0.3, -0.25) is 9.59 Å². The Hall–Kier alpha value is -1.36. The highest BCUT2D eigenvalue weighted by molar-refractivity contribution is 5.85. The zero-order valence-corrected chi connectivity index (χ0v) is 9.39. The van der Waals surface area contributed by atoms with Crippen LogP contribution in [0.3, 0.4) is 0 Å². The number of hydrogen-bond donors (Lipinski definition) is 1.